The van der Waals surface area contributed by atoms with Crippen molar-refractivity contribution in [1.82, 2.24) is 9.97 Å². The van der Waals surface area contributed by atoms with Crippen LogP contribution in [0.25, 0.3) is 10.2 Å². The minimum atomic E-state index is 0.279. The van der Waals surface area contributed by atoms with Gasteiger partial charge in [-0.3, -0.25) is 0 Å². The maximum absolute atomic E-state index is 5.89. The predicted molar refractivity (Wildman–Crippen MR) is 72.0 cm³/mol. The van der Waals surface area contributed by atoms with Crippen LogP contribution >= 0.6 is 22.9 Å². The molecule has 2 rings (SSSR count). The van der Waals surface area contributed by atoms with Crippen molar-refractivity contribution in [2.45, 2.75) is 19.4 Å². The summed E-state index contributed by atoms with van der Waals surface area (Å²) in [5.74, 6) is 0.796. The van der Waals surface area contributed by atoms with Gasteiger partial charge in [-0.1, -0.05) is 0 Å². The molecule has 92 valence electrons. The van der Waals surface area contributed by atoms with Crippen LogP contribution in [-0.2, 0) is 4.74 Å². The van der Waals surface area contributed by atoms with E-state index in [2.05, 4.69) is 22.2 Å². The van der Waals surface area contributed by atoms with Gasteiger partial charge in [-0.05, 0) is 36.4 Å². The molecular formula is C11H14ClN3OS. The van der Waals surface area contributed by atoms with Crippen LogP contribution in [-0.4, -0.2) is 29.7 Å². The van der Waals surface area contributed by atoms with Crippen molar-refractivity contribution >= 4 is 39.0 Å². The Morgan fingerprint density at radius 1 is 1.53 bits per heavy atom. The minimum absolute atomic E-state index is 0.279. The van der Waals surface area contributed by atoms with E-state index in [0.29, 0.717) is 0 Å². The van der Waals surface area contributed by atoms with Crippen molar-refractivity contribution in [3.63, 3.8) is 0 Å². The number of nitrogens with one attached hydrogen (secondary N) is 1. The molecule has 2 heterocycles. The van der Waals surface area contributed by atoms with Crippen LogP contribution in [0.15, 0.2) is 11.4 Å². The lowest BCUT2D eigenvalue weighted by molar-refractivity contribution is 0.191. The number of ether oxygens (including phenoxy) is 1. The number of nitrogens with zero attached hydrogens (tertiary/aromatic N) is 2. The molecule has 0 amide bonds. The number of halogens is 1. The van der Waals surface area contributed by atoms with Gasteiger partial charge in [0.15, 0.2) is 0 Å². The highest BCUT2D eigenvalue weighted by Crippen LogP contribution is 2.26. The van der Waals surface area contributed by atoms with E-state index in [1.54, 1.807) is 18.4 Å². The Morgan fingerprint density at radius 3 is 3.12 bits per heavy atom. The van der Waals surface area contributed by atoms with E-state index in [4.69, 9.17) is 16.3 Å². The smallest absolute Gasteiger partial charge is 0.225 e. The Bertz CT molecular complexity index is 502. The zero-order valence-corrected chi connectivity index (χ0v) is 11.3. The Labute approximate surface area is 109 Å². The number of hydrogen-bond donors (Lipinski definition) is 1. The van der Waals surface area contributed by atoms with Crippen molar-refractivity contribution in [2.75, 3.05) is 19.0 Å². The molecule has 0 aliphatic rings. The summed E-state index contributed by atoms with van der Waals surface area (Å²) in [4.78, 5) is 9.31. The van der Waals surface area contributed by atoms with Crippen molar-refractivity contribution < 1.29 is 4.74 Å². The third kappa shape index (κ3) is 3.06. The monoisotopic (exact) mass is 271 g/mol. The first-order valence-corrected chi connectivity index (χ1v) is 6.62. The molecule has 0 saturated carbocycles. The molecule has 1 N–H and O–H groups in total. The standard InChI is InChI=1S/C11H14ClN3OS/c1-7(3-5-16-2)13-9-8-4-6-17-10(8)15-11(12)14-9/h4,6-7H,3,5H2,1-2H3,(H,13,14,15). The average Bonchev–Trinajstić information content (AvgIpc) is 2.74. The molecule has 0 spiro atoms. The fourth-order valence-electron chi connectivity index (χ4n) is 1.54. The zero-order chi connectivity index (χ0) is 12.3. The van der Waals surface area contributed by atoms with Crippen LogP contribution in [0.2, 0.25) is 5.28 Å². The quantitative estimate of drug-likeness (QED) is 0.849. The maximum atomic E-state index is 5.89. The van der Waals surface area contributed by atoms with Gasteiger partial charge in [0.05, 0.1) is 5.39 Å². The van der Waals surface area contributed by atoms with Crippen molar-refractivity contribution in [3.8, 4) is 0 Å². The van der Waals surface area contributed by atoms with Crippen LogP contribution < -0.4 is 5.32 Å². The first-order chi connectivity index (χ1) is 8.20. The number of fused-ring (bicyclic) bond motifs is 1. The number of methoxy groups -OCH3 is 1. The largest absolute Gasteiger partial charge is 0.385 e. The summed E-state index contributed by atoms with van der Waals surface area (Å²) in [5.41, 5.74) is 0. The first kappa shape index (κ1) is 12.5. The number of hydrogen-bond acceptors (Lipinski definition) is 5. The molecule has 0 radical (unpaired) electrons. The highest BCUT2D eigenvalue weighted by Gasteiger charge is 2.10. The number of rotatable bonds is 5. The van der Waals surface area contributed by atoms with Crippen LogP contribution in [0.1, 0.15) is 13.3 Å². The van der Waals surface area contributed by atoms with E-state index in [0.717, 1.165) is 29.1 Å². The molecule has 0 aliphatic heterocycles. The van der Waals surface area contributed by atoms with E-state index in [-0.39, 0.29) is 11.3 Å². The highest BCUT2D eigenvalue weighted by atomic mass is 35.5. The Balaban J connectivity index is 2.19. The summed E-state index contributed by atoms with van der Waals surface area (Å²) in [6.07, 6.45) is 0.920. The van der Waals surface area contributed by atoms with E-state index < -0.39 is 0 Å². The first-order valence-electron chi connectivity index (χ1n) is 5.37. The molecular weight excluding hydrogens is 258 g/mol. The lowest BCUT2D eigenvalue weighted by Crippen LogP contribution is -2.18. The van der Waals surface area contributed by atoms with Gasteiger partial charge in [-0.25, -0.2) is 9.97 Å². The molecule has 2 aromatic rings. The predicted octanol–water partition coefficient (Wildman–Crippen LogP) is 3.18. The topological polar surface area (TPSA) is 47.0 Å². The molecule has 1 unspecified atom stereocenters. The van der Waals surface area contributed by atoms with Crippen LogP contribution in [0.5, 0.6) is 0 Å². The molecule has 17 heavy (non-hydrogen) atoms. The van der Waals surface area contributed by atoms with Crippen molar-refractivity contribution in [3.05, 3.63) is 16.7 Å². The number of aromatic nitrogens is 2. The Morgan fingerprint density at radius 2 is 2.35 bits per heavy atom. The third-order valence-corrected chi connectivity index (χ3v) is 3.41. The zero-order valence-electron chi connectivity index (χ0n) is 9.74. The number of anilines is 1. The van der Waals surface area contributed by atoms with E-state index in [1.165, 1.54) is 0 Å². The SMILES string of the molecule is COCCC(C)Nc1nc(Cl)nc2sccc12. The summed E-state index contributed by atoms with van der Waals surface area (Å²) in [6.45, 7) is 2.81. The summed E-state index contributed by atoms with van der Waals surface area (Å²) < 4.78 is 5.05. The van der Waals surface area contributed by atoms with Gasteiger partial charge in [0.1, 0.15) is 10.6 Å². The van der Waals surface area contributed by atoms with E-state index >= 15 is 0 Å². The molecule has 0 fully saturated rings. The fourth-order valence-corrected chi connectivity index (χ4v) is 2.52. The maximum Gasteiger partial charge on any atom is 0.225 e. The lowest BCUT2D eigenvalue weighted by atomic mass is 10.2. The minimum Gasteiger partial charge on any atom is -0.385 e. The summed E-state index contributed by atoms with van der Waals surface area (Å²) in [6, 6.07) is 2.28. The van der Waals surface area contributed by atoms with Gasteiger partial charge in [0.2, 0.25) is 5.28 Å². The van der Waals surface area contributed by atoms with Crippen LogP contribution in [0, 0.1) is 0 Å². The summed E-state index contributed by atoms with van der Waals surface area (Å²) >= 11 is 7.45. The normalized spacial score (nSPS) is 12.9. The molecule has 0 bridgehead atoms. The van der Waals surface area contributed by atoms with Crippen molar-refractivity contribution in [1.29, 1.82) is 0 Å². The van der Waals surface area contributed by atoms with E-state index in [9.17, 15) is 0 Å². The van der Waals surface area contributed by atoms with Gasteiger partial charge in [0.25, 0.3) is 0 Å². The highest BCUT2D eigenvalue weighted by molar-refractivity contribution is 7.16. The van der Waals surface area contributed by atoms with Gasteiger partial charge in [-0.15, -0.1) is 11.3 Å². The molecule has 4 nitrogen and oxygen atoms in total. The van der Waals surface area contributed by atoms with Gasteiger partial charge < -0.3 is 10.1 Å². The Kier molecular flexibility index (Phi) is 4.15. The van der Waals surface area contributed by atoms with E-state index in [1.807, 2.05) is 11.4 Å². The molecule has 0 saturated heterocycles. The summed E-state index contributed by atoms with van der Waals surface area (Å²) in [7, 11) is 1.70. The lowest BCUT2D eigenvalue weighted by Gasteiger charge is -2.14. The molecule has 6 heteroatoms. The summed E-state index contributed by atoms with van der Waals surface area (Å²) in [5, 5.41) is 6.62. The second kappa shape index (κ2) is 5.62. The molecule has 2 aromatic heterocycles. The Hall–Kier alpha value is -0.910. The second-order valence-corrected chi connectivity index (χ2v) is 5.04. The fraction of sp³-hybridized carbons (Fsp3) is 0.455. The average molecular weight is 272 g/mol. The second-order valence-electron chi connectivity index (χ2n) is 3.81. The van der Waals surface area contributed by atoms with Gasteiger partial charge in [-0.2, -0.15) is 0 Å². The van der Waals surface area contributed by atoms with Crippen molar-refractivity contribution in [2.24, 2.45) is 0 Å². The molecule has 0 aromatic carbocycles. The third-order valence-electron chi connectivity index (χ3n) is 2.44. The van der Waals surface area contributed by atoms with Gasteiger partial charge in [0, 0.05) is 19.8 Å². The number of thiophene rings is 1. The van der Waals surface area contributed by atoms with Crippen LogP contribution in [0.4, 0.5) is 5.82 Å². The molecule has 1 atom stereocenters. The van der Waals surface area contributed by atoms with Gasteiger partial charge >= 0.3 is 0 Å². The van der Waals surface area contributed by atoms with Crippen LogP contribution in [0.3, 0.4) is 0 Å². The molecule has 0 aliphatic carbocycles.